The molecule has 22 heteroatoms. The lowest BCUT2D eigenvalue weighted by atomic mass is 9.85. The average Bonchev–Trinajstić information content (AvgIpc) is 3.28. The highest BCUT2D eigenvalue weighted by molar-refractivity contribution is 7.47. The Morgan fingerprint density at radius 3 is 1.33 bits per heavy atom. The number of ether oxygens (including phenoxy) is 2. The second-order valence-electron chi connectivity index (χ2n) is 17.4. The molecule has 1 fully saturated rings. The van der Waals surface area contributed by atoms with E-state index in [-0.39, 0.29) is 12.8 Å². The normalized spacial score (nSPS) is 21.7. The van der Waals surface area contributed by atoms with Crippen LogP contribution in [0.1, 0.15) is 181 Å². The van der Waals surface area contributed by atoms with Crippen molar-refractivity contribution in [3.8, 4) is 0 Å². The van der Waals surface area contributed by atoms with Gasteiger partial charge in [-0.05, 0) is 51.4 Å². The quantitative estimate of drug-likeness (QED) is 0.0122. The molecule has 0 radical (unpaired) electrons. The van der Waals surface area contributed by atoms with Crippen LogP contribution in [0.25, 0.3) is 0 Å². The fourth-order valence-corrected chi connectivity index (χ4v) is 9.50. The van der Waals surface area contributed by atoms with Crippen LogP contribution in [0.15, 0.2) is 48.6 Å². The van der Waals surface area contributed by atoms with Crippen LogP contribution in [0.3, 0.4) is 0 Å². The van der Waals surface area contributed by atoms with E-state index in [9.17, 15) is 63.1 Å². The third kappa shape index (κ3) is 35.0. The topological polar surface area (TPSA) is 303 Å². The van der Waals surface area contributed by atoms with Crippen molar-refractivity contribution in [1.82, 2.24) is 0 Å². The number of phosphoric ester groups is 3. The molecule has 19 nitrogen and oxygen atoms in total. The smallest absolute Gasteiger partial charge is 0.462 e. The summed E-state index contributed by atoms with van der Waals surface area (Å²) < 4.78 is 65.5. The van der Waals surface area contributed by atoms with Crippen LogP contribution in [0.2, 0.25) is 0 Å². The summed E-state index contributed by atoms with van der Waals surface area (Å²) in [4.78, 5) is 73.3. The second-order valence-corrected chi connectivity index (χ2v) is 21.2. The van der Waals surface area contributed by atoms with E-state index in [2.05, 4.69) is 53.3 Å². The van der Waals surface area contributed by atoms with Crippen molar-refractivity contribution >= 4 is 35.4 Å². The van der Waals surface area contributed by atoms with Gasteiger partial charge in [-0.15, -0.1) is 0 Å². The van der Waals surface area contributed by atoms with Gasteiger partial charge in [-0.1, -0.05) is 165 Å². The van der Waals surface area contributed by atoms with E-state index in [1.807, 2.05) is 18.2 Å². The van der Waals surface area contributed by atoms with E-state index >= 15 is 0 Å². The van der Waals surface area contributed by atoms with Crippen LogP contribution in [0, 0.1) is 0 Å². The largest absolute Gasteiger partial charge is 0.472 e. The SMILES string of the molecule is CCCCC/C=C\C/C=C\C/C=C\C/C=C\CCCC(=O)O[C@H](COC(=O)CCCCCCCCCCCCCCCCC)COP(=O)(O)O[C@H]1[C@H](O)[C@@H](O)[C@H](OP(=O)(O)O)[C@@H](OP(=O)(O)O)[C@H]1O. The van der Waals surface area contributed by atoms with E-state index in [1.165, 1.54) is 83.5 Å². The number of phosphoric acid groups is 3. The molecule has 0 amide bonds. The molecular formula is C47H85O19P3. The van der Waals surface area contributed by atoms with E-state index in [1.54, 1.807) is 0 Å². The number of carbonyl (C=O) groups is 2. The Morgan fingerprint density at radius 2 is 0.855 bits per heavy atom. The average molecular weight is 1050 g/mol. The third-order valence-electron chi connectivity index (χ3n) is 11.1. The molecule has 1 aliphatic rings. The minimum Gasteiger partial charge on any atom is -0.462 e. The first kappa shape index (κ1) is 65.1. The van der Waals surface area contributed by atoms with Crippen molar-refractivity contribution in [2.24, 2.45) is 0 Å². The Hall–Kier alpha value is -1.89. The summed E-state index contributed by atoms with van der Waals surface area (Å²) in [5.74, 6) is -1.36. The maximum absolute atomic E-state index is 13.1. The van der Waals surface area contributed by atoms with Crippen molar-refractivity contribution in [3.05, 3.63) is 48.6 Å². The highest BCUT2D eigenvalue weighted by Gasteiger charge is 2.56. The van der Waals surface area contributed by atoms with Gasteiger partial charge in [0.05, 0.1) is 6.61 Å². The number of rotatable bonds is 42. The van der Waals surface area contributed by atoms with Crippen molar-refractivity contribution < 1.29 is 90.6 Å². The predicted octanol–water partition coefficient (Wildman–Crippen LogP) is 9.40. The summed E-state index contributed by atoms with van der Waals surface area (Å²) in [6.45, 7) is 2.88. The monoisotopic (exact) mass is 1050 g/mol. The summed E-state index contributed by atoms with van der Waals surface area (Å²) in [6.07, 6.45) is 25.6. The molecule has 0 aromatic carbocycles. The van der Waals surface area contributed by atoms with Gasteiger partial charge < -0.3 is 49.3 Å². The van der Waals surface area contributed by atoms with Gasteiger partial charge in [0, 0.05) is 12.8 Å². The Balaban J connectivity index is 2.75. The van der Waals surface area contributed by atoms with Gasteiger partial charge >= 0.3 is 35.4 Å². The summed E-state index contributed by atoms with van der Waals surface area (Å²) in [6, 6.07) is 0. The molecule has 0 heterocycles. The minimum absolute atomic E-state index is 0.0703. The summed E-state index contributed by atoms with van der Waals surface area (Å²) in [5.41, 5.74) is 0. The lowest BCUT2D eigenvalue weighted by molar-refractivity contribution is -0.213. The highest BCUT2D eigenvalue weighted by Crippen LogP contribution is 2.51. The first-order valence-electron chi connectivity index (χ1n) is 24.9. The number of carbonyl (C=O) groups excluding carboxylic acids is 2. The number of unbranched alkanes of at least 4 members (excludes halogenated alkanes) is 18. The lowest BCUT2D eigenvalue weighted by Crippen LogP contribution is -2.65. The molecule has 402 valence electrons. The van der Waals surface area contributed by atoms with Crippen molar-refractivity contribution in [2.45, 2.75) is 224 Å². The molecule has 0 aromatic heterocycles. The van der Waals surface area contributed by atoms with E-state index in [0.29, 0.717) is 25.7 Å². The fraction of sp³-hybridized carbons (Fsp3) is 0.787. The number of aliphatic hydroxyl groups is 3. The molecule has 1 aliphatic carbocycles. The van der Waals surface area contributed by atoms with Crippen molar-refractivity contribution in [3.63, 3.8) is 0 Å². The molecular weight excluding hydrogens is 961 g/mol. The highest BCUT2D eigenvalue weighted by atomic mass is 31.2. The Morgan fingerprint density at radius 1 is 0.464 bits per heavy atom. The summed E-state index contributed by atoms with van der Waals surface area (Å²) >= 11 is 0. The van der Waals surface area contributed by atoms with Crippen LogP contribution in [-0.2, 0) is 50.9 Å². The zero-order valence-electron chi connectivity index (χ0n) is 40.9. The van der Waals surface area contributed by atoms with Gasteiger partial charge in [0.1, 0.15) is 43.2 Å². The Bertz CT molecular complexity index is 1630. The maximum Gasteiger partial charge on any atom is 0.472 e. The first-order valence-corrected chi connectivity index (χ1v) is 29.5. The zero-order valence-corrected chi connectivity index (χ0v) is 43.6. The zero-order chi connectivity index (χ0) is 51.4. The van der Waals surface area contributed by atoms with Gasteiger partial charge in [0.15, 0.2) is 6.10 Å². The van der Waals surface area contributed by atoms with Gasteiger partial charge in [0.2, 0.25) is 0 Å². The fourth-order valence-electron chi connectivity index (χ4n) is 7.40. The van der Waals surface area contributed by atoms with Crippen LogP contribution >= 0.6 is 23.5 Å². The first-order chi connectivity index (χ1) is 32.8. The van der Waals surface area contributed by atoms with E-state index in [4.69, 9.17) is 18.5 Å². The molecule has 69 heavy (non-hydrogen) atoms. The Labute approximate surface area is 410 Å². The van der Waals surface area contributed by atoms with Crippen molar-refractivity contribution in [1.29, 1.82) is 0 Å². The molecule has 8 N–H and O–H groups in total. The molecule has 0 saturated heterocycles. The molecule has 1 unspecified atom stereocenters. The number of allylic oxidation sites excluding steroid dienone is 8. The van der Waals surface area contributed by atoms with Gasteiger partial charge in [-0.2, -0.15) is 0 Å². The second kappa shape index (κ2) is 38.7. The van der Waals surface area contributed by atoms with Crippen LogP contribution in [0.4, 0.5) is 0 Å². The Kier molecular flexibility index (Phi) is 36.5. The summed E-state index contributed by atoms with van der Waals surface area (Å²) in [5, 5.41) is 31.9. The van der Waals surface area contributed by atoms with Crippen LogP contribution in [0.5, 0.6) is 0 Å². The predicted molar refractivity (Wildman–Crippen MR) is 261 cm³/mol. The maximum atomic E-state index is 13.1. The molecule has 1 rings (SSSR count). The molecule has 0 aliphatic heterocycles. The third-order valence-corrected chi connectivity index (χ3v) is 13.2. The number of esters is 2. The number of aliphatic hydroxyl groups excluding tert-OH is 3. The molecule has 0 spiro atoms. The molecule has 0 aromatic rings. The van der Waals surface area contributed by atoms with Gasteiger partial charge in [0.25, 0.3) is 0 Å². The van der Waals surface area contributed by atoms with Crippen LogP contribution < -0.4 is 0 Å². The van der Waals surface area contributed by atoms with E-state index in [0.717, 1.165) is 44.9 Å². The van der Waals surface area contributed by atoms with Crippen molar-refractivity contribution in [2.75, 3.05) is 13.2 Å². The summed E-state index contributed by atoms with van der Waals surface area (Å²) in [7, 11) is -16.6. The molecule has 1 saturated carbocycles. The van der Waals surface area contributed by atoms with Crippen LogP contribution in [-0.4, -0.2) is 108 Å². The number of hydrogen-bond donors (Lipinski definition) is 8. The van der Waals surface area contributed by atoms with Gasteiger partial charge in [-0.25, -0.2) is 13.7 Å². The lowest BCUT2D eigenvalue weighted by Gasteiger charge is -2.44. The molecule has 8 atom stereocenters. The number of hydrogen-bond acceptors (Lipinski definition) is 14. The standard InChI is InChI=1S/C47H85O19P3/c1-3-5-7-9-11-13-15-17-19-20-22-24-26-28-30-32-34-36-41(49)63-39(37-61-40(48)35-33-31-29-27-25-23-21-18-16-14-12-10-8-6-4-2)38-62-69(59,60)66-45-42(50)43(51)46(64-67(53,54)55)47(44(45)52)65-68(56,57)58/h11,13,17,19,22,24,28,30,39,42-47,50-52H,3-10,12,14-16,18,20-21,23,25-27,29,31-38H2,1-2H3,(H,59,60)(H2,53,54,55)(H2,56,57,58)/b13-11-,19-17-,24-22-,30-28-/t39-,42-,43-,44+,45+,46+,47+/m1/s1. The van der Waals surface area contributed by atoms with Gasteiger partial charge in [-0.3, -0.25) is 27.7 Å². The minimum atomic E-state index is -5.61. The molecule has 0 bridgehead atoms. The van der Waals surface area contributed by atoms with E-state index < -0.39 is 91.3 Å².